The molecule has 0 aliphatic rings. The first-order valence-corrected chi connectivity index (χ1v) is 7.48. The second-order valence-electron chi connectivity index (χ2n) is 5.04. The Bertz CT molecular complexity index is 474. The van der Waals surface area contributed by atoms with Crippen molar-refractivity contribution in [3.8, 4) is 0 Å². The van der Waals surface area contributed by atoms with Gasteiger partial charge in [-0.3, -0.25) is 9.59 Å². The van der Waals surface area contributed by atoms with Gasteiger partial charge in [-0.1, -0.05) is 26.0 Å². The van der Waals surface area contributed by atoms with Crippen molar-refractivity contribution in [1.82, 2.24) is 10.6 Å². The molecule has 21 heavy (non-hydrogen) atoms. The average Bonchev–Trinajstić information content (AvgIpc) is 2.50. The molecule has 1 unspecified atom stereocenters. The zero-order chi connectivity index (χ0) is 15.7. The second kappa shape index (κ2) is 9.13. The van der Waals surface area contributed by atoms with Crippen LogP contribution in [-0.2, 0) is 4.79 Å². The van der Waals surface area contributed by atoms with Crippen LogP contribution < -0.4 is 16.0 Å². The molecular weight excluding hydrogens is 266 g/mol. The molecule has 5 heteroatoms. The molecule has 0 saturated heterocycles. The summed E-state index contributed by atoms with van der Waals surface area (Å²) < 4.78 is 0. The highest BCUT2D eigenvalue weighted by Gasteiger charge is 2.12. The van der Waals surface area contributed by atoms with Crippen LogP contribution in [-0.4, -0.2) is 30.9 Å². The number of anilines is 1. The molecule has 0 spiro atoms. The first-order chi connectivity index (χ1) is 10.1. The van der Waals surface area contributed by atoms with E-state index >= 15 is 0 Å². The summed E-state index contributed by atoms with van der Waals surface area (Å²) in [6.45, 7) is 6.94. The second-order valence-corrected chi connectivity index (χ2v) is 5.04. The predicted octanol–water partition coefficient (Wildman–Crippen LogP) is 2.15. The van der Waals surface area contributed by atoms with Crippen LogP contribution >= 0.6 is 0 Å². The Labute approximate surface area is 126 Å². The largest absolute Gasteiger partial charge is 0.352 e. The number of para-hydroxylation sites is 1. The van der Waals surface area contributed by atoms with Crippen LogP contribution in [0.25, 0.3) is 0 Å². The van der Waals surface area contributed by atoms with E-state index in [1.807, 2.05) is 13.8 Å². The van der Waals surface area contributed by atoms with Crippen LogP contribution in [0.5, 0.6) is 0 Å². The topological polar surface area (TPSA) is 70.2 Å². The van der Waals surface area contributed by atoms with E-state index in [2.05, 4.69) is 22.9 Å². The van der Waals surface area contributed by atoms with Gasteiger partial charge < -0.3 is 16.0 Å². The van der Waals surface area contributed by atoms with Crippen molar-refractivity contribution in [3.05, 3.63) is 29.8 Å². The van der Waals surface area contributed by atoms with E-state index in [-0.39, 0.29) is 18.4 Å². The van der Waals surface area contributed by atoms with E-state index in [0.717, 1.165) is 12.8 Å². The van der Waals surface area contributed by atoms with E-state index in [9.17, 15) is 9.59 Å². The summed E-state index contributed by atoms with van der Waals surface area (Å²) in [4.78, 5) is 24.0. The highest BCUT2D eigenvalue weighted by molar-refractivity contribution is 6.04. The Balaban J connectivity index is 2.66. The van der Waals surface area contributed by atoms with Crippen LogP contribution in [0.2, 0.25) is 0 Å². The predicted molar refractivity (Wildman–Crippen MR) is 85.5 cm³/mol. The van der Waals surface area contributed by atoms with Gasteiger partial charge in [-0.25, -0.2) is 0 Å². The highest BCUT2D eigenvalue weighted by Crippen LogP contribution is 2.14. The van der Waals surface area contributed by atoms with E-state index in [4.69, 9.17) is 0 Å². The minimum Gasteiger partial charge on any atom is -0.352 e. The van der Waals surface area contributed by atoms with Crippen molar-refractivity contribution in [2.24, 2.45) is 0 Å². The third kappa shape index (κ3) is 5.95. The quantitative estimate of drug-likeness (QED) is 0.687. The Kier molecular flexibility index (Phi) is 7.46. The molecule has 3 N–H and O–H groups in total. The van der Waals surface area contributed by atoms with Gasteiger partial charge in [0.25, 0.3) is 5.91 Å². The molecule has 0 heterocycles. The van der Waals surface area contributed by atoms with Crippen LogP contribution in [0.4, 0.5) is 5.69 Å². The minimum absolute atomic E-state index is 0.147. The van der Waals surface area contributed by atoms with Crippen molar-refractivity contribution in [2.75, 3.05) is 18.4 Å². The number of hydrogen-bond donors (Lipinski definition) is 3. The zero-order valence-corrected chi connectivity index (χ0v) is 13.0. The maximum atomic E-state index is 12.0. The van der Waals surface area contributed by atoms with Gasteiger partial charge in [0.15, 0.2) is 0 Å². The van der Waals surface area contributed by atoms with Crippen LogP contribution in [0.15, 0.2) is 24.3 Å². The lowest BCUT2D eigenvalue weighted by atomic mass is 10.1. The molecule has 116 valence electrons. The normalized spacial score (nSPS) is 11.8. The standard InChI is InChI=1S/C16H25N3O2/c1-4-10-17-16(21)13-8-6-7-9-14(13)19-15(20)11-18-12(3)5-2/h6-9,12,18H,4-5,10-11H2,1-3H3,(H,17,21)(H,19,20). The lowest BCUT2D eigenvalue weighted by Crippen LogP contribution is -2.34. The average molecular weight is 291 g/mol. The molecule has 2 amide bonds. The summed E-state index contributed by atoms with van der Waals surface area (Å²) in [5.74, 6) is -0.311. The Morgan fingerprint density at radius 2 is 1.90 bits per heavy atom. The maximum absolute atomic E-state index is 12.0. The molecule has 0 saturated carbocycles. The number of amides is 2. The Morgan fingerprint density at radius 1 is 1.19 bits per heavy atom. The Hall–Kier alpha value is -1.88. The zero-order valence-electron chi connectivity index (χ0n) is 13.0. The third-order valence-corrected chi connectivity index (χ3v) is 3.20. The fourth-order valence-electron chi connectivity index (χ4n) is 1.73. The van der Waals surface area contributed by atoms with Gasteiger partial charge in [-0.15, -0.1) is 0 Å². The molecule has 1 aromatic rings. The molecule has 1 rings (SSSR count). The van der Waals surface area contributed by atoms with Crippen molar-refractivity contribution in [2.45, 2.75) is 39.7 Å². The molecule has 1 aromatic carbocycles. The highest BCUT2D eigenvalue weighted by atomic mass is 16.2. The van der Waals surface area contributed by atoms with Crippen molar-refractivity contribution >= 4 is 17.5 Å². The summed E-state index contributed by atoms with van der Waals surface area (Å²) in [7, 11) is 0. The first kappa shape index (κ1) is 17.2. The smallest absolute Gasteiger partial charge is 0.253 e. The lowest BCUT2D eigenvalue weighted by Gasteiger charge is -2.13. The van der Waals surface area contributed by atoms with Crippen molar-refractivity contribution in [3.63, 3.8) is 0 Å². The fraction of sp³-hybridized carbons (Fsp3) is 0.500. The van der Waals surface area contributed by atoms with Gasteiger partial charge >= 0.3 is 0 Å². The molecule has 0 bridgehead atoms. The fourth-order valence-corrected chi connectivity index (χ4v) is 1.73. The molecule has 0 aliphatic carbocycles. The molecule has 0 fully saturated rings. The summed E-state index contributed by atoms with van der Waals surface area (Å²) in [6.07, 6.45) is 1.84. The van der Waals surface area contributed by atoms with E-state index in [1.165, 1.54) is 0 Å². The minimum atomic E-state index is -0.164. The number of rotatable bonds is 8. The number of benzene rings is 1. The van der Waals surface area contributed by atoms with Gasteiger partial charge in [0, 0.05) is 12.6 Å². The van der Waals surface area contributed by atoms with Gasteiger partial charge in [0.1, 0.15) is 0 Å². The molecule has 1 atom stereocenters. The summed E-state index contributed by atoms with van der Waals surface area (Å²) in [5, 5.41) is 8.72. The molecule has 0 radical (unpaired) electrons. The molecule has 5 nitrogen and oxygen atoms in total. The lowest BCUT2D eigenvalue weighted by molar-refractivity contribution is -0.115. The summed E-state index contributed by atoms with van der Waals surface area (Å²) >= 11 is 0. The van der Waals surface area contributed by atoms with E-state index in [0.29, 0.717) is 23.8 Å². The SMILES string of the molecule is CCCNC(=O)c1ccccc1NC(=O)CNC(C)CC. The van der Waals surface area contributed by atoms with E-state index in [1.54, 1.807) is 24.3 Å². The monoisotopic (exact) mass is 291 g/mol. The van der Waals surface area contributed by atoms with Gasteiger partial charge in [-0.05, 0) is 31.9 Å². The van der Waals surface area contributed by atoms with E-state index < -0.39 is 0 Å². The third-order valence-electron chi connectivity index (χ3n) is 3.20. The molecule has 0 aliphatic heterocycles. The van der Waals surface area contributed by atoms with Crippen LogP contribution in [0.1, 0.15) is 44.0 Å². The number of nitrogens with one attached hydrogen (secondary N) is 3. The molecular formula is C16H25N3O2. The van der Waals surface area contributed by atoms with Crippen molar-refractivity contribution in [1.29, 1.82) is 0 Å². The van der Waals surface area contributed by atoms with Gasteiger partial charge in [0.05, 0.1) is 17.8 Å². The number of carbonyl (C=O) groups is 2. The summed E-state index contributed by atoms with van der Waals surface area (Å²) in [5.41, 5.74) is 1.03. The Morgan fingerprint density at radius 3 is 2.57 bits per heavy atom. The first-order valence-electron chi connectivity index (χ1n) is 7.48. The van der Waals surface area contributed by atoms with Crippen LogP contribution in [0.3, 0.4) is 0 Å². The van der Waals surface area contributed by atoms with Gasteiger partial charge in [-0.2, -0.15) is 0 Å². The summed E-state index contributed by atoms with van der Waals surface area (Å²) in [6, 6.07) is 7.33. The number of carbonyl (C=O) groups excluding carboxylic acids is 2. The maximum Gasteiger partial charge on any atom is 0.253 e. The molecule has 0 aromatic heterocycles. The van der Waals surface area contributed by atoms with Crippen molar-refractivity contribution < 1.29 is 9.59 Å². The van der Waals surface area contributed by atoms with Crippen LogP contribution in [0, 0.1) is 0 Å². The van der Waals surface area contributed by atoms with Gasteiger partial charge in [0.2, 0.25) is 5.91 Å². The number of hydrogen-bond acceptors (Lipinski definition) is 3.